The van der Waals surface area contributed by atoms with E-state index in [1.807, 2.05) is 6.07 Å². The summed E-state index contributed by atoms with van der Waals surface area (Å²) < 4.78 is 19.5. The number of primary amides is 1. The number of hydrogen-bond acceptors (Lipinski definition) is 4. The third-order valence-corrected chi connectivity index (χ3v) is 6.60. The Labute approximate surface area is 147 Å². The maximum Gasteiger partial charge on any atom is 0.267 e. The number of pyridine rings is 1. The minimum atomic E-state index is -0.628. The molecule has 3 aliphatic rings. The molecule has 1 saturated heterocycles. The minimum absolute atomic E-state index is 0.286. The molecule has 2 N–H and O–H groups in total. The van der Waals surface area contributed by atoms with E-state index in [-0.39, 0.29) is 5.69 Å². The molecule has 6 heteroatoms. The molecule has 2 heterocycles. The second-order valence-corrected chi connectivity index (χ2v) is 7.79. The Hall–Kier alpha value is -1.53. The number of likely N-dealkylation sites (tertiary alicyclic amines) is 1. The van der Waals surface area contributed by atoms with Crippen LogP contribution < -0.4 is 5.73 Å². The summed E-state index contributed by atoms with van der Waals surface area (Å²) in [6, 6.07) is 4.14. The third-order valence-electron chi connectivity index (χ3n) is 6.60. The molecule has 25 heavy (non-hydrogen) atoms. The maximum atomic E-state index is 13.3. The van der Waals surface area contributed by atoms with E-state index < -0.39 is 17.7 Å². The first-order chi connectivity index (χ1) is 12.0. The van der Waals surface area contributed by atoms with Crippen LogP contribution in [0.3, 0.4) is 0 Å². The van der Waals surface area contributed by atoms with Gasteiger partial charge in [-0.2, -0.15) is 0 Å². The van der Waals surface area contributed by atoms with Crippen molar-refractivity contribution in [3.8, 4) is 0 Å². The first-order valence-electron chi connectivity index (χ1n) is 9.24. The fraction of sp³-hybridized carbons (Fsp3) is 0.684. The van der Waals surface area contributed by atoms with Gasteiger partial charge in [0.25, 0.3) is 5.91 Å². The van der Waals surface area contributed by atoms with E-state index in [1.165, 1.54) is 6.42 Å². The molecule has 2 unspecified atom stereocenters. The largest absolute Gasteiger partial charge is 0.373 e. The first-order valence-corrected chi connectivity index (χ1v) is 9.24. The highest BCUT2D eigenvalue weighted by Crippen LogP contribution is 2.52. The lowest BCUT2D eigenvalue weighted by Gasteiger charge is -2.57. The molecule has 1 amide bonds. The van der Waals surface area contributed by atoms with Gasteiger partial charge in [0.05, 0.1) is 0 Å². The summed E-state index contributed by atoms with van der Waals surface area (Å²) in [5.74, 6) is 0.165. The van der Waals surface area contributed by atoms with Crippen molar-refractivity contribution in [2.45, 2.75) is 49.9 Å². The molecule has 1 aromatic rings. The number of halogens is 1. The Morgan fingerprint density at radius 2 is 2.04 bits per heavy atom. The number of nitrogens with two attached hydrogens (primary N) is 1. The molecular weight excluding hydrogens is 321 g/mol. The molecule has 2 saturated carbocycles. The van der Waals surface area contributed by atoms with Gasteiger partial charge in [-0.25, -0.2) is 4.39 Å². The Kier molecular flexibility index (Phi) is 4.28. The van der Waals surface area contributed by atoms with Gasteiger partial charge in [0, 0.05) is 44.3 Å². The second kappa shape index (κ2) is 6.32. The number of hydrogen-bond donors (Lipinski definition) is 1. The van der Waals surface area contributed by atoms with Crippen molar-refractivity contribution in [2.24, 2.45) is 17.6 Å². The lowest BCUT2D eigenvalue weighted by Crippen LogP contribution is -2.62. The van der Waals surface area contributed by atoms with E-state index >= 15 is 0 Å². The number of carbonyl (C=O) groups excluding carboxylic acids is 1. The lowest BCUT2D eigenvalue weighted by atomic mass is 9.62. The van der Waals surface area contributed by atoms with Crippen LogP contribution in [0.2, 0.25) is 0 Å². The monoisotopic (exact) mass is 347 g/mol. The van der Waals surface area contributed by atoms with Crippen LogP contribution in [0.5, 0.6) is 0 Å². The van der Waals surface area contributed by atoms with Gasteiger partial charge in [0.15, 0.2) is 0 Å². The van der Waals surface area contributed by atoms with Crippen molar-refractivity contribution in [1.82, 2.24) is 9.88 Å². The number of amides is 1. The van der Waals surface area contributed by atoms with E-state index in [2.05, 4.69) is 9.88 Å². The van der Waals surface area contributed by atoms with E-state index in [0.29, 0.717) is 30.7 Å². The van der Waals surface area contributed by atoms with Crippen molar-refractivity contribution >= 4 is 5.91 Å². The number of rotatable bonds is 4. The highest BCUT2D eigenvalue weighted by atomic mass is 19.1. The van der Waals surface area contributed by atoms with Crippen LogP contribution in [0.1, 0.15) is 48.2 Å². The molecule has 2 aliphatic carbocycles. The van der Waals surface area contributed by atoms with Crippen molar-refractivity contribution in [3.63, 3.8) is 0 Å². The van der Waals surface area contributed by atoms with Crippen molar-refractivity contribution < 1.29 is 13.9 Å². The SMILES string of the molecule is COC1(c2ccnc(C(N)=O)c2)C2CCCC1CN([C@H]1C[C@H](F)C1)C2. The van der Waals surface area contributed by atoms with Gasteiger partial charge >= 0.3 is 0 Å². The molecule has 0 spiro atoms. The second-order valence-electron chi connectivity index (χ2n) is 7.79. The van der Waals surface area contributed by atoms with Crippen molar-refractivity contribution in [3.05, 3.63) is 29.6 Å². The van der Waals surface area contributed by atoms with E-state index in [4.69, 9.17) is 10.5 Å². The van der Waals surface area contributed by atoms with Crippen LogP contribution in [-0.2, 0) is 10.3 Å². The fourth-order valence-electron chi connectivity index (χ4n) is 5.32. The highest BCUT2D eigenvalue weighted by Gasteiger charge is 2.54. The van der Waals surface area contributed by atoms with Gasteiger partial charge in [-0.15, -0.1) is 0 Å². The summed E-state index contributed by atoms with van der Waals surface area (Å²) in [7, 11) is 1.77. The Morgan fingerprint density at radius 3 is 2.60 bits per heavy atom. The van der Waals surface area contributed by atoms with Gasteiger partial charge in [0.2, 0.25) is 0 Å². The molecule has 0 radical (unpaired) electrons. The van der Waals surface area contributed by atoms with Gasteiger partial charge in [-0.05, 0) is 43.4 Å². The van der Waals surface area contributed by atoms with Crippen LogP contribution in [0.15, 0.2) is 18.3 Å². The number of methoxy groups -OCH3 is 1. The standard InChI is InChI=1S/C19H26FN3O2/c1-25-19(12-5-6-22-17(7-12)18(21)24)13-3-2-4-14(19)11-23(10-13)16-8-15(20)9-16/h5-7,13-16H,2-4,8-11H2,1H3,(H2,21,24)/t13?,14?,15-,16-,19?. The molecule has 1 aromatic heterocycles. The quantitative estimate of drug-likeness (QED) is 0.907. The van der Waals surface area contributed by atoms with E-state index in [1.54, 1.807) is 19.4 Å². The molecular formula is C19H26FN3O2. The van der Waals surface area contributed by atoms with Gasteiger partial charge < -0.3 is 10.5 Å². The average Bonchev–Trinajstić information content (AvgIpc) is 2.57. The summed E-state index contributed by atoms with van der Waals surface area (Å²) in [6.07, 6.45) is 5.72. The molecule has 0 aromatic carbocycles. The Bertz CT molecular complexity index is 648. The fourth-order valence-corrected chi connectivity index (χ4v) is 5.32. The summed E-state index contributed by atoms with van der Waals surface area (Å²) in [5.41, 5.74) is 6.32. The predicted octanol–water partition coefficient (Wildman–Crippen LogP) is 2.25. The molecule has 1 aliphatic heterocycles. The van der Waals surface area contributed by atoms with Crippen LogP contribution in [0, 0.1) is 11.8 Å². The molecule has 2 bridgehead atoms. The Morgan fingerprint density at radius 1 is 1.36 bits per heavy atom. The molecule has 4 rings (SSSR count). The van der Waals surface area contributed by atoms with Gasteiger partial charge in [-0.3, -0.25) is 14.7 Å². The number of ether oxygens (including phenoxy) is 1. The minimum Gasteiger partial charge on any atom is -0.373 e. The summed E-state index contributed by atoms with van der Waals surface area (Å²) in [5, 5.41) is 0. The van der Waals surface area contributed by atoms with Crippen LogP contribution >= 0.6 is 0 Å². The number of nitrogens with zero attached hydrogens (tertiary/aromatic N) is 2. The first kappa shape index (κ1) is 16.9. The summed E-state index contributed by atoms with van der Waals surface area (Å²) in [4.78, 5) is 18.1. The Balaban J connectivity index is 1.67. The molecule has 136 valence electrons. The topological polar surface area (TPSA) is 68.5 Å². The van der Waals surface area contributed by atoms with Crippen LogP contribution in [-0.4, -0.2) is 48.2 Å². The van der Waals surface area contributed by atoms with Gasteiger partial charge in [-0.1, -0.05) is 6.42 Å². The molecule has 3 fully saturated rings. The van der Waals surface area contributed by atoms with Crippen molar-refractivity contribution in [2.75, 3.05) is 20.2 Å². The summed E-state index contributed by atoms with van der Waals surface area (Å²) in [6.45, 7) is 1.85. The third kappa shape index (κ3) is 2.66. The number of piperidine rings is 1. The highest BCUT2D eigenvalue weighted by molar-refractivity contribution is 5.90. The van der Waals surface area contributed by atoms with E-state index in [9.17, 15) is 9.18 Å². The van der Waals surface area contributed by atoms with Crippen LogP contribution in [0.4, 0.5) is 4.39 Å². The smallest absolute Gasteiger partial charge is 0.267 e. The zero-order chi connectivity index (χ0) is 17.6. The summed E-state index contributed by atoms with van der Waals surface area (Å²) >= 11 is 0. The zero-order valence-electron chi connectivity index (χ0n) is 14.7. The number of aromatic nitrogens is 1. The predicted molar refractivity (Wildman–Crippen MR) is 91.8 cm³/mol. The van der Waals surface area contributed by atoms with E-state index in [0.717, 1.165) is 31.5 Å². The normalized spacial score (nSPS) is 38.2. The van der Waals surface area contributed by atoms with Gasteiger partial charge in [0.1, 0.15) is 17.5 Å². The lowest BCUT2D eigenvalue weighted by molar-refractivity contribution is -0.180. The average molecular weight is 347 g/mol. The van der Waals surface area contributed by atoms with Crippen LogP contribution in [0.25, 0.3) is 0 Å². The zero-order valence-corrected chi connectivity index (χ0v) is 14.7. The molecule has 2 atom stereocenters. The maximum absolute atomic E-state index is 13.3. The number of fused-ring (bicyclic) bond motifs is 2. The van der Waals surface area contributed by atoms with Crippen molar-refractivity contribution in [1.29, 1.82) is 0 Å². The molecule has 5 nitrogen and oxygen atoms in total. The number of alkyl halides is 1. The number of carbonyl (C=O) groups is 1.